The smallest absolute Gasteiger partial charge is 0.407 e. The lowest BCUT2D eigenvalue weighted by atomic mass is 9.80. The molecule has 1 saturated heterocycles. The van der Waals surface area contributed by atoms with Gasteiger partial charge in [-0.3, -0.25) is 19.3 Å². The summed E-state index contributed by atoms with van der Waals surface area (Å²) in [5.74, 6) is -0.829. The first kappa shape index (κ1) is 38.1. The first-order valence-electron chi connectivity index (χ1n) is 18.4. The summed E-state index contributed by atoms with van der Waals surface area (Å²) in [4.78, 5) is 61.9. The largest absolute Gasteiger partial charge is 0.465 e. The Hall–Kier alpha value is -3.73. The number of carbonyl (C=O) groups excluding carboxylic acids is 3. The highest BCUT2D eigenvalue weighted by Gasteiger charge is 2.37. The number of nitrogens with zero attached hydrogens (tertiary/aromatic N) is 2. The molecule has 1 aromatic carbocycles. The van der Waals surface area contributed by atoms with Crippen LogP contribution in [0.3, 0.4) is 0 Å². The van der Waals surface area contributed by atoms with Crippen LogP contribution in [0.2, 0.25) is 0 Å². The lowest BCUT2D eigenvalue weighted by Crippen LogP contribution is -2.55. The highest BCUT2D eigenvalue weighted by molar-refractivity contribution is 5.94. The van der Waals surface area contributed by atoms with Crippen LogP contribution in [0.5, 0.6) is 0 Å². The third-order valence-electron chi connectivity index (χ3n) is 10.7. The summed E-state index contributed by atoms with van der Waals surface area (Å²) in [6, 6.07) is 7.14. The quantitative estimate of drug-likeness (QED) is 0.143. The molecule has 270 valence electrons. The van der Waals surface area contributed by atoms with Crippen molar-refractivity contribution in [3.8, 4) is 0 Å². The Morgan fingerprint density at radius 3 is 2.35 bits per heavy atom. The molecule has 0 unspecified atom stereocenters. The van der Waals surface area contributed by atoms with Gasteiger partial charge in [-0.2, -0.15) is 0 Å². The fourth-order valence-electron chi connectivity index (χ4n) is 7.74. The number of carboxylic acid groups (broad SMARTS) is 1. The van der Waals surface area contributed by atoms with Gasteiger partial charge in [-0.1, -0.05) is 89.6 Å². The van der Waals surface area contributed by atoms with Crippen molar-refractivity contribution in [3.05, 3.63) is 54.1 Å². The zero-order valence-electron chi connectivity index (χ0n) is 29.5. The second-order valence-corrected chi connectivity index (χ2v) is 14.6. The van der Waals surface area contributed by atoms with Gasteiger partial charge in [0.2, 0.25) is 11.8 Å². The Bertz CT molecular complexity index is 1330. The van der Waals surface area contributed by atoms with Crippen molar-refractivity contribution in [2.75, 3.05) is 6.54 Å². The zero-order valence-corrected chi connectivity index (χ0v) is 29.5. The fraction of sp³-hybridized carbons (Fsp3) is 0.658. The van der Waals surface area contributed by atoms with Gasteiger partial charge in [-0.15, -0.1) is 0 Å². The summed E-state index contributed by atoms with van der Waals surface area (Å²) in [6.45, 7) is 6.74. The van der Waals surface area contributed by atoms with Crippen LogP contribution in [0.4, 0.5) is 4.79 Å². The van der Waals surface area contributed by atoms with Crippen LogP contribution in [-0.4, -0.2) is 79.5 Å². The van der Waals surface area contributed by atoms with Crippen molar-refractivity contribution in [2.45, 2.75) is 128 Å². The van der Waals surface area contributed by atoms with Gasteiger partial charge in [0.1, 0.15) is 6.04 Å². The van der Waals surface area contributed by atoms with E-state index in [4.69, 9.17) is 0 Å². The number of H-pyrrole nitrogens is 1. The molecular formula is C38H57N5O6. The van der Waals surface area contributed by atoms with Gasteiger partial charge < -0.3 is 25.8 Å². The van der Waals surface area contributed by atoms with E-state index in [0.29, 0.717) is 49.1 Å². The van der Waals surface area contributed by atoms with E-state index in [0.717, 1.165) is 42.6 Å². The number of rotatable bonds is 18. The van der Waals surface area contributed by atoms with E-state index in [1.54, 1.807) is 6.20 Å². The Balaban J connectivity index is 1.55. The van der Waals surface area contributed by atoms with Crippen LogP contribution in [-0.2, 0) is 27.2 Å². The monoisotopic (exact) mass is 679 g/mol. The number of aromatic nitrogens is 2. The highest BCUT2D eigenvalue weighted by atomic mass is 16.4. The molecule has 2 aromatic rings. The second kappa shape index (κ2) is 18.9. The third-order valence-corrected chi connectivity index (χ3v) is 10.7. The Morgan fingerprint density at radius 2 is 1.71 bits per heavy atom. The van der Waals surface area contributed by atoms with E-state index in [-0.39, 0.29) is 31.6 Å². The number of hydrogen-bond acceptors (Lipinski definition) is 6. The number of likely N-dealkylation sites (tertiary alicyclic amines) is 1. The average Bonchev–Trinajstić information content (AvgIpc) is 3.80. The normalized spacial score (nSPS) is 19.9. The van der Waals surface area contributed by atoms with Crippen molar-refractivity contribution in [1.29, 1.82) is 0 Å². The molecule has 1 aliphatic heterocycles. The van der Waals surface area contributed by atoms with Crippen LogP contribution in [0.15, 0.2) is 42.9 Å². The number of amides is 3. The maximum Gasteiger partial charge on any atom is 0.407 e. The second-order valence-electron chi connectivity index (χ2n) is 14.6. The predicted molar refractivity (Wildman–Crippen MR) is 188 cm³/mol. The molecule has 5 N–H and O–H groups in total. The minimum absolute atomic E-state index is 0.148. The SMILES string of the molecule is CC[C@@H](C[C@@H](O)[C@H](CC1CCCCC1)NC(=O)[C@H](Cc1cnc[nH]1)NC(=O)[C@@H](CC(=O)[C@@H]1CCCN1C(=O)O)Cc1ccccc1)C(C)C. The van der Waals surface area contributed by atoms with Crippen molar-refractivity contribution in [1.82, 2.24) is 25.5 Å². The maximum atomic E-state index is 14.2. The van der Waals surface area contributed by atoms with E-state index in [1.807, 2.05) is 30.3 Å². The molecule has 1 aliphatic carbocycles. The van der Waals surface area contributed by atoms with Gasteiger partial charge >= 0.3 is 6.09 Å². The van der Waals surface area contributed by atoms with Crippen molar-refractivity contribution < 1.29 is 29.4 Å². The maximum absolute atomic E-state index is 14.2. The van der Waals surface area contributed by atoms with Crippen molar-refractivity contribution in [2.24, 2.45) is 23.7 Å². The predicted octanol–water partition coefficient (Wildman–Crippen LogP) is 5.29. The first-order valence-corrected chi connectivity index (χ1v) is 18.4. The van der Waals surface area contributed by atoms with Crippen molar-refractivity contribution in [3.63, 3.8) is 0 Å². The number of ketones is 1. The molecule has 3 amide bonds. The summed E-state index contributed by atoms with van der Waals surface area (Å²) in [6.07, 6.45) is 10.4. The molecule has 2 heterocycles. The molecule has 49 heavy (non-hydrogen) atoms. The minimum Gasteiger partial charge on any atom is -0.465 e. The molecule has 0 bridgehead atoms. The van der Waals surface area contributed by atoms with Crippen molar-refractivity contribution >= 4 is 23.7 Å². The summed E-state index contributed by atoms with van der Waals surface area (Å²) in [5, 5.41) is 27.3. The Morgan fingerprint density at radius 1 is 0.980 bits per heavy atom. The van der Waals surface area contributed by atoms with E-state index in [1.165, 1.54) is 12.7 Å². The lowest BCUT2D eigenvalue weighted by Gasteiger charge is -2.33. The van der Waals surface area contributed by atoms with Gasteiger partial charge in [0.05, 0.1) is 24.5 Å². The minimum atomic E-state index is -1.14. The third kappa shape index (κ3) is 11.4. The van der Waals surface area contributed by atoms with Crippen LogP contribution < -0.4 is 10.6 Å². The van der Waals surface area contributed by atoms with Gasteiger partial charge in [0.25, 0.3) is 0 Å². The van der Waals surface area contributed by atoms with E-state index >= 15 is 0 Å². The molecule has 2 fully saturated rings. The standard InChI is InChI=1S/C38H57N5O6/c1-4-28(25(2)3)20-34(44)31(19-27-14-9-6-10-15-27)41-37(47)32(22-30-23-39-24-40-30)42-36(46)29(18-26-12-7-5-8-13-26)21-35(45)33-16-11-17-43(33)38(48)49/h5,7-8,12-13,23-25,27-29,31-34,44H,4,6,9-11,14-22H2,1-3H3,(H,39,40)(H,41,47)(H,42,46)(H,48,49)/t28-,29+,31-,32-,33-,34+/m0/s1. The molecular weight excluding hydrogens is 622 g/mol. The lowest BCUT2D eigenvalue weighted by molar-refractivity contribution is -0.134. The number of hydrogen-bond donors (Lipinski definition) is 5. The Kier molecular flexibility index (Phi) is 14.7. The number of carbonyl (C=O) groups is 4. The van der Waals surface area contributed by atoms with Gasteiger partial charge in [0, 0.05) is 37.2 Å². The molecule has 1 saturated carbocycles. The molecule has 2 aliphatic rings. The van der Waals surface area contributed by atoms with Gasteiger partial charge in [-0.05, 0) is 55.4 Å². The number of benzene rings is 1. The fourth-order valence-corrected chi connectivity index (χ4v) is 7.74. The Labute approximate surface area is 291 Å². The summed E-state index contributed by atoms with van der Waals surface area (Å²) < 4.78 is 0. The van der Waals surface area contributed by atoms with Gasteiger partial charge in [-0.25, -0.2) is 9.78 Å². The molecule has 11 nitrogen and oxygen atoms in total. The van der Waals surface area contributed by atoms with Crippen LogP contribution in [0.1, 0.15) is 103 Å². The number of nitrogens with one attached hydrogen (secondary N) is 3. The first-order chi connectivity index (χ1) is 23.5. The topological polar surface area (TPSA) is 165 Å². The summed E-state index contributed by atoms with van der Waals surface area (Å²) in [7, 11) is 0. The molecule has 6 atom stereocenters. The molecule has 0 radical (unpaired) electrons. The van der Waals surface area contributed by atoms with Crippen LogP contribution in [0.25, 0.3) is 0 Å². The number of Topliss-reactive ketones (excluding diaryl/α,β-unsaturated/α-hetero) is 1. The average molecular weight is 680 g/mol. The van der Waals surface area contributed by atoms with Crippen LogP contribution >= 0.6 is 0 Å². The molecule has 0 spiro atoms. The summed E-state index contributed by atoms with van der Waals surface area (Å²) in [5.41, 5.74) is 1.52. The van der Waals surface area contributed by atoms with Crippen LogP contribution in [0, 0.1) is 23.7 Å². The molecule has 11 heteroatoms. The molecule has 4 rings (SSSR count). The number of imidazole rings is 1. The zero-order chi connectivity index (χ0) is 35.3. The number of aliphatic hydroxyl groups is 1. The van der Waals surface area contributed by atoms with E-state index < -0.39 is 48.1 Å². The number of aromatic amines is 1. The van der Waals surface area contributed by atoms with Gasteiger partial charge in [0.15, 0.2) is 5.78 Å². The molecule has 1 aromatic heterocycles. The van der Waals surface area contributed by atoms with E-state index in [9.17, 15) is 29.4 Å². The highest BCUT2D eigenvalue weighted by Crippen LogP contribution is 2.30. The number of aliphatic hydroxyl groups excluding tert-OH is 1. The summed E-state index contributed by atoms with van der Waals surface area (Å²) >= 11 is 0. The van der Waals surface area contributed by atoms with E-state index in [2.05, 4.69) is 41.4 Å².